The molecule has 0 spiro atoms. The summed E-state index contributed by atoms with van der Waals surface area (Å²) >= 11 is 6.14. The molecule has 0 unspecified atom stereocenters. The van der Waals surface area contributed by atoms with Gasteiger partial charge in [-0.2, -0.15) is 0 Å². The van der Waals surface area contributed by atoms with E-state index >= 15 is 0 Å². The van der Waals surface area contributed by atoms with Crippen LogP contribution in [0.25, 0.3) is 5.57 Å². The molecule has 0 aliphatic carbocycles. The first-order valence-electron chi connectivity index (χ1n) is 11.3. The summed E-state index contributed by atoms with van der Waals surface area (Å²) < 4.78 is 0. The molecule has 0 saturated heterocycles. The molecule has 1 aliphatic heterocycles. The van der Waals surface area contributed by atoms with E-state index in [1.54, 1.807) is 0 Å². The summed E-state index contributed by atoms with van der Waals surface area (Å²) in [4.78, 5) is 15.5. The lowest BCUT2D eigenvalue weighted by Crippen LogP contribution is -2.26. The topological polar surface area (TPSA) is 20.3 Å². The molecule has 32 heavy (non-hydrogen) atoms. The molecule has 4 rings (SSSR count). The monoisotopic (exact) mass is 441 g/mol. The number of allylic oxidation sites excluding steroid dienone is 1. The molecule has 0 atom stereocenters. The first-order valence-corrected chi connectivity index (χ1v) is 11.7. The van der Waals surface area contributed by atoms with Gasteiger partial charge in [0.15, 0.2) is 0 Å². The molecule has 162 valence electrons. The molecule has 1 aliphatic rings. The normalized spacial score (nSPS) is 13.4. The summed E-state index contributed by atoms with van der Waals surface area (Å²) in [7, 11) is 0. The van der Waals surface area contributed by atoms with E-state index in [2.05, 4.69) is 37.3 Å². The number of amides is 1. The number of rotatable bonds is 8. The number of unbranched alkanes of at least 4 members (excludes halogenated alkanes) is 3. The lowest BCUT2D eigenvalue weighted by Gasteiger charge is -2.23. The average Bonchev–Trinajstić information content (AvgIpc) is 3.14. The fraction of sp³-hybridized carbons (Fsp3) is 0.207. The Labute approximate surface area is 195 Å². The van der Waals surface area contributed by atoms with Crippen molar-refractivity contribution in [2.45, 2.75) is 39.0 Å². The van der Waals surface area contributed by atoms with Crippen LogP contribution in [0.2, 0.25) is 5.02 Å². The number of hydrogen-bond acceptors (Lipinski definition) is 1. The van der Waals surface area contributed by atoms with E-state index in [9.17, 15) is 4.79 Å². The standard InChI is InChI=1S/C29H28ClNO/c1-2-3-4-7-16-24-21-27(31(29(24)32)26-19-17-25(30)18-20-26)28(22-12-8-5-9-13-22)23-14-10-6-11-15-23/h5-6,8-15,17-21H,2-4,7,16H2,1H3. The van der Waals surface area contributed by atoms with Crippen LogP contribution in [0.1, 0.15) is 50.2 Å². The number of carbonyl (C=O) groups excluding carboxylic acids is 1. The van der Waals surface area contributed by atoms with Crippen molar-refractivity contribution >= 4 is 28.8 Å². The zero-order chi connectivity index (χ0) is 22.3. The van der Waals surface area contributed by atoms with E-state index in [1.165, 1.54) is 12.8 Å². The molecular formula is C29H28ClNO. The second-order valence-corrected chi connectivity index (χ2v) is 8.53. The molecule has 3 heteroatoms. The van der Waals surface area contributed by atoms with Crippen molar-refractivity contribution < 1.29 is 4.79 Å². The summed E-state index contributed by atoms with van der Waals surface area (Å²) in [6.07, 6.45) is 7.44. The van der Waals surface area contributed by atoms with Gasteiger partial charge in [-0.15, -0.1) is 0 Å². The third-order valence-corrected chi connectivity index (χ3v) is 6.05. The molecule has 1 heterocycles. The first-order chi connectivity index (χ1) is 15.7. The maximum Gasteiger partial charge on any atom is 0.258 e. The number of nitrogens with zero attached hydrogens (tertiary/aromatic N) is 1. The van der Waals surface area contributed by atoms with Crippen LogP contribution in [0.15, 0.2) is 102 Å². The molecule has 0 bridgehead atoms. The Balaban J connectivity index is 1.87. The van der Waals surface area contributed by atoms with E-state index < -0.39 is 0 Å². The summed E-state index contributed by atoms with van der Waals surface area (Å²) in [6, 6.07) is 28.1. The summed E-state index contributed by atoms with van der Waals surface area (Å²) in [6.45, 7) is 2.20. The Bertz CT molecular complexity index is 1070. The molecular weight excluding hydrogens is 414 g/mol. The number of carbonyl (C=O) groups is 1. The van der Waals surface area contributed by atoms with Crippen molar-refractivity contribution in [1.82, 2.24) is 0 Å². The maximum atomic E-state index is 13.6. The highest BCUT2D eigenvalue weighted by Crippen LogP contribution is 2.38. The lowest BCUT2D eigenvalue weighted by atomic mass is 9.95. The van der Waals surface area contributed by atoms with E-state index in [1.807, 2.05) is 65.6 Å². The minimum absolute atomic E-state index is 0.0585. The summed E-state index contributed by atoms with van der Waals surface area (Å²) in [5, 5.41) is 0.657. The van der Waals surface area contributed by atoms with Gasteiger partial charge in [0.05, 0.1) is 5.70 Å². The fourth-order valence-electron chi connectivity index (χ4n) is 4.17. The van der Waals surface area contributed by atoms with Crippen LogP contribution in [0, 0.1) is 0 Å². The van der Waals surface area contributed by atoms with Crippen molar-refractivity contribution in [3.05, 3.63) is 118 Å². The zero-order valence-corrected chi connectivity index (χ0v) is 19.2. The SMILES string of the molecule is CCCCCCC1=CC(=C(c2ccccc2)c2ccccc2)N(c2ccc(Cl)cc2)C1=O. The Morgan fingerprint density at radius 2 is 1.38 bits per heavy atom. The molecule has 0 radical (unpaired) electrons. The molecule has 3 aromatic rings. The molecule has 0 fully saturated rings. The highest BCUT2D eigenvalue weighted by Gasteiger charge is 2.32. The smallest absolute Gasteiger partial charge is 0.258 e. The third kappa shape index (κ3) is 4.87. The van der Waals surface area contributed by atoms with Crippen LogP contribution in [0.4, 0.5) is 5.69 Å². The fourth-order valence-corrected chi connectivity index (χ4v) is 4.29. The molecule has 0 N–H and O–H groups in total. The Morgan fingerprint density at radius 1 is 0.781 bits per heavy atom. The lowest BCUT2D eigenvalue weighted by molar-refractivity contribution is -0.114. The Morgan fingerprint density at radius 3 is 1.94 bits per heavy atom. The van der Waals surface area contributed by atoms with Crippen molar-refractivity contribution in [3.8, 4) is 0 Å². The van der Waals surface area contributed by atoms with Gasteiger partial charge in [0.2, 0.25) is 0 Å². The molecule has 1 amide bonds. The van der Waals surface area contributed by atoms with Crippen LogP contribution in [0.5, 0.6) is 0 Å². The van der Waals surface area contributed by atoms with E-state index in [4.69, 9.17) is 11.6 Å². The summed E-state index contributed by atoms with van der Waals surface area (Å²) in [5.74, 6) is 0.0585. The number of halogens is 1. The molecule has 3 aromatic carbocycles. The van der Waals surface area contributed by atoms with Crippen LogP contribution in [0.3, 0.4) is 0 Å². The minimum atomic E-state index is 0.0585. The minimum Gasteiger partial charge on any atom is -0.277 e. The number of hydrogen-bond donors (Lipinski definition) is 0. The predicted octanol–water partition coefficient (Wildman–Crippen LogP) is 8.04. The molecule has 0 saturated carbocycles. The van der Waals surface area contributed by atoms with Crippen LogP contribution < -0.4 is 4.90 Å². The van der Waals surface area contributed by atoms with E-state index in [0.717, 1.165) is 52.9 Å². The Kier molecular flexibility index (Phi) is 7.24. The Hall–Kier alpha value is -3.10. The predicted molar refractivity (Wildman–Crippen MR) is 135 cm³/mol. The highest BCUT2D eigenvalue weighted by atomic mass is 35.5. The van der Waals surface area contributed by atoms with Gasteiger partial charge in [0.1, 0.15) is 0 Å². The van der Waals surface area contributed by atoms with Crippen molar-refractivity contribution in [1.29, 1.82) is 0 Å². The van der Waals surface area contributed by atoms with Gasteiger partial charge in [-0.3, -0.25) is 9.69 Å². The van der Waals surface area contributed by atoms with Gasteiger partial charge in [0, 0.05) is 21.9 Å². The third-order valence-electron chi connectivity index (χ3n) is 5.80. The maximum absolute atomic E-state index is 13.6. The number of benzene rings is 3. The van der Waals surface area contributed by atoms with E-state index in [0.29, 0.717) is 5.02 Å². The summed E-state index contributed by atoms with van der Waals surface area (Å²) in [5.41, 5.74) is 5.85. The van der Waals surface area contributed by atoms with Crippen molar-refractivity contribution in [3.63, 3.8) is 0 Å². The van der Waals surface area contributed by atoms with Crippen molar-refractivity contribution in [2.24, 2.45) is 0 Å². The average molecular weight is 442 g/mol. The molecule has 0 aromatic heterocycles. The molecule has 2 nitrogen and oxygen atoms in total. The van der Waals surface area contributed by atoms with Gasteiger partial charge >= 0.3 is 0 Å². The largest absolute Gasteiger partial charge is 0.277 e. The van der Waals surface area contributed by atoms with E-state index in [-0.39, 0.29) is 5.91 Å². The van der Waals surface area contributed by atoms with Crippen LogP contribution >= 0.6 is 11.6 Å². The van der Waals surface area contributed by atoms with Gasteiger partial charge in [-0.25, -0.2) is 0 Å². The van der Waals surface area contributed by atoms with Crippen LogP contribution in [-0.4, -0.2) is 5.91 Å². The second kappa shape index (κ2) is 10.5. The van der Waals surface area contributed by atoms with Crippen LogP contribution in [-0.2, 0) is 4.79 Å². The van der Waals surface area contributed by atoms with Gasteiger partial charge in [0.25, 0.3) is 5.91 Å². The van der Waals surface area contributed by atoms with Gasteiger partial charge in [-0.1, -0.05) is 98.5 Å². The van der Waals surface area contributed by atoms with Gasteiger partial charge < -0.3 is 0 Å². The quantitative estimate of drug-likeness (QED) is 0.324. The zero-order valence-electron chi connectivity index (χ0n) is 18.4. The number of anilines is 1. The van der Waals surface area contributed by atoms with Gasteiger partial charge in [-0.05, 0) is 54.3 Å². The highest BCUT2D eigenvalue weighted by molar-refractivity contribution is 6.30. The van der Waals surface area contributed by atoms with Crippen molar-refractivity contribution in [2.75, 3.05) is 4.90 Å². The second-order valence-electron chi connectivity index (χ2n) is 8.09. The first kappa shape index (κ1) is 22.1.